The van der Waals surface area contributed by atoms with Gasteiger partial charge in [-0.25, -0.2) is 4.79 Å². The molecule has 4 rings (SSSR count). The van der Waals surface area contributed by atoms with Gasteiger partial charge < -0.3 is 29.5 Å². The number of carbonyl (C=O) groups is 2. The van der Waals surface area contributed by atoms with Gasteiger partial charge >= 0.3 is 6.09 Å². The number of amides is 2. The van der Waals surface area contributed by atoms with Crippen LogP contribution < -0.4 is 15.0 Å². The standard InChI is InChI=1S/C32H42N4O4/c1-23-22-36(19-18-34(23)5)29-13-12-25(20-28(29)33-30(37)26-8-7-9-27(21-26)39-6)11-10-24-14-16-35(17-15-24)31(38)40-32(2,3)4/h7-9,12-13,20-21,23-24H,14-19,22H2,1-6H3,(H,33,37)/t23-/m0/s1. The van der Waals surface area contributed by atoms with Crippen molar-refractivity contribution >= 4 is 23.4 Å². The van der Waals surface area contributed by atoms with Gasteiger partial charge in [0.1, 0.15) is 11.4 Å². The fourth-order valence-corrected chi connectivity index (χ4v) is 4.93. The average molecular weight is 547 g/mol. The molecule has 0 aliphatic carbocycles. The van der Waals surface area contributed by atoms with Crippen LogP contribution in [0.1, 0.15) is 56.5 Å². The molecule has 1 atom stereocenters. The molecule has 214 valence electrons. The van der Waals surface area contributed by atoms with Crippen molar-refractivity contribution in [2.24, 2.45) is 5.92 Å². The second-order valence-electron chi connectivity index (χ2n) is 11.7. The van der Waals surface area contributed by atoms with Gasteiger partial charge in [0.15, 0.2) is 0 Å². The van der Waals surface area contributed by atoms with Crippen molar-refractivity contribution in [3.63, 3.8) is 0 Å². The summed E-state index contributed by atoms with van der Waals surface area (Å²) in [6, 6.07) is 13.6. The van der Waals surface area contributed by atoms with E-state index in [-0.39, 0.29) is 17.9 Å². The number of piperazine rings is 1. The van der Waals surface area contributed by atoms with Crippen LogP contribution in [0.5, 0.6) is 5.75 Å². The summed E-state index contributed by atoms with van der Waals surface area (Å²) < 4.78 is 10.8. The van der Waals surface area contributed by atoms with Crippen molar-refractivity contribution in [3.05, 3.63) is 53.6 Å². The average Bonchev–Trinajstić information content (AvgIpc) is 2.93. The van der Waals surface area contributed by atoms with Gasteiger partial charge in [-0.15, -0.1) is 0 Å². The number of rotatable bonds is 4. The smallest absolute Gasteiger partial charge is 0.410 e. The maximum atomic E-state index is 13.3. The minimum Gasteiger partial charge on any atom is -0.497 e. The zero-order valence-electron chi connectivity index (χ0n) is 24.6. The molecule has 2 saturated heterocycles. The summed E-state index contributed by atoms with van der Waals surface area (Å²) >= 11 is 0. The van der Waals surface area contributed by atoms with Crippen molar-refractivity contribution in [3.8, 4) is 17.6 Å². The van der Waals surface area contributed by atoms with E-state index in [9.17, 15) is 9.59 Å². The highest BCUT2D eigenvalue weighted by molar-refractivity contribution is 6.06. The molecule has 2 amide bonds. The molecule has 0 aromatic heterocycles. The lowest BCUT2D eigenvalue weighted by atomic mass is 9.97. The Hall–Kier alpha value is -3.70. The predicted octanol–water partition coefficient (Wildman–Crippen LogP) is 5.09. The number of ether oxygens (including phenoxy) is 2. The van der Waals surface area contributed by atoms with Gasteiger partial charge in [0.05, 0.1) is 18.5 Å². The number of hydrogen-bond donors (Lipinski definition) is 1. The number of anilines is 2. The molecule has 1 N–H and O–H groups in total. The van der Waals surface area contributed by atoms with Crippen molar-refractivity contribution in [1.29, 1.82) is 0 Å². The fraction of sp³-hybridized carbons (Fsp3) is 0.500. The third-order valence-electron chi connectivity index (χ3n) is 7.44. The van der Waals surface area contributed by atoms with Crippen LogP contribution in [-0.4, -0.2) is 80.3 Å². The molecular formula is C32H42N4O4. The Morgan fingerprint density at radius 3 is 2.45 bits per heavy atom. The predicted molar refractivity (Wildman–Crippen MR) is 159 cm³/mol. The van der Waals surface area contributed by atoms with E-state index in [4.69, 9.17) is 9.47 Å². The van der Waals surface area contributed by atoms with E-state index in [1.807, 2.05) is 45.0 Å². The highest BCUT2D eigenvalue weighted by Crippen LogP contribution is 2.30. The zero-order valence-corrected chi connectivity index (χ0v) is 24.6. The van der Waals surface area contributed by atoms with E-state index in [1.54, 1.807) is 24.1 Å². The summed E-state index contributed by atoms with van der Waals surface area (Å²) in [6.45, 7) is 11.8. The Kier molecular flexibility index (Phi) is 9.26. The zero-order chi connectivity index (χ0) is 28.9. The summed E-state index contributed by atoms with van der Waals surface area (Å²) in [6.07, 6.45) is 1.36. The van der Waals surface area contributed by atoms with Crippen LogP contribution in [0.25, 0.3) is 0 Å². The number of benzene rings is 2. The summed E-state index contributed by atoms with van der Waals surface area (Å²) in [4.78, 5) is 32.1. The molecule has 8 heteroatoms. The monoisotopic (exact) mass is 546 g/mol. The highest BCUT2D eigenvalue weighted by Gasteiger charge is 2.26. The van der Waals surface area contributed by atoms with Gasteiger partial charge in [0.2, 0.25) is 0 Å². The Morgan fingerprint density at radius 1 is 1.02 bits per heavy atom. The van der Waals surface area contributed by atoms with Crippen molar-refractivity contribution in [1.82, 2.24) is 9.80 Å². The number of methoxy groups -OCH3 is 1. The lowest BCUT2D eigenvalue weighted by Crippen LogP contribution is -2.50. The van der Waals surface area contributed by atoms with Gasteiger partial charge in [0, 0.05) is 55.8 Å². The number of piperidine rings is 1. The van der Waals surface area contributed by atoms with E-state index in [1.165, 1.54) is 0 Å². The first-order valence-electron chi connectivity index (χ1n) is 14.1. The van der Waals surface area contributed by atoms with E-state index in [0.29, 0.717) is 30.4 Å². The van der Waals surface area contributed by atoms with Crippen molar-refractivity contribution < 1.29 is 19.1 Å². The van der Waals surface area contributed by atoms with Gasteiger partial charge in [-0.1, -0.05) is 17.9 Å². The van der Waals surface area contributed by atoms with Crippen LogP contribution in [0.2, 0.25) is 0 Å². The topological polar surface area (TPSA) is 74.3 Å². The molecule has 40 heavy (non-hydrogen) atoms. The van der Waals surface area contributed by atoms with Crippen LogP contribution in [0.3, 0.4) is 0 Å². The number of likely N-dealkylation sites (N-methyl/N-ethyl adjacent to an activating group) is 1. The van der Waals surface area contributed by atoms with Crippen LogP contribution in [0, 0.1) is 17.8 Å². The van der Waals surface area contributed by atoms with E-state index in [2.05, 4.69) is 47.0 Å². The van der Waals surface area contributed by atoms with Gasteiger partial charge in [0.25, 0.3) is 5.91 Å². The summed E-state index contributed by atoms with van der Waals surface area (Å²) in [5.74, 6) is 7.38. The quantitative estimate of drug-likeness (QED) is 0.539. The molecule has 0 unspecified atom stereocenters. The van der Waals surface area contributed by atoms with E-state index >= 15 is 0 Å². The van der Waals surface area contributed by atoms with Gasteiger partial charge in [-0.3, -0.25) is 4.79 Å². The Bertz CT molecular complexity index is 1270. The maximum absolute atomic E-state index is 13.3. The Morgan fingerprint density at radius 2 is 1.77 bits per heavy atom. The summed E-state index contributed by atoms with van der Waals surface area (Å²) in [5, 5.41) is 3.14. The first-order valence-corrected chi connectivity index (χ1v) is 14.1. The minimum atomic E-state index is -0.498. The van der Waals surface area contributed by atoms with Crippen LogP contribution in [0.15, 0.2) is 42.5 Å². The second kappa shape index (κ2) is 12.6. The number of nitrogens with one attached hydrogen (secondary N) is 1. The summed E-state index contributed by atoms with van der Waals surface area (Å²) in [7, 11) is 3.73. The molecule has 2 aliphatic heterocycles. The normalized spacial score (nSPS) is 18.5. The van der Waals surface area contributed by atoms with Crippen LogP contribution in [-0.2, 0) is 4.74 Å². The van der Waals surface area contributed by atoms with E-state index < -0.39 is 5.60 Å². The number of likely N-dealkylation sites (tertiary alicyclic amines) is 1. The lowest BCUT2D eigenvalue weighted by molar-refractivity contribution is 0.0199. The van der Waals surface area contributed by atoms with Crippen LogP contribution in [0.4, 0.5) is 16.2 Å². The number of carbonyl (C=O) groups excluding carboxylic acids is 2. The van der Waals surface area contributed by atoms with Crippen molar-refractivity contribution in [2.45, 2.75) is 52.2 Å². The molecular weight excluding hydrogens is 504 g/mol. The Balaban J connectivity index is 1.51. The molecule has 2 aromatic rings. The molecule has 0 saturated carbocycles. The molecule has 8 nitrogen and oxygen atoms in total. The molecule has 2 fully saturated rings. The maximum Gasteiger partial charge on any atom is 0.410 e. The third-order valence-corrected chi connectivity index (χ3v) is 7.44. The first-order chi connectivity index (χ1) is 19.0. The second-order valence-corrected chi connectivity index (χ2v) is 11.7. The lowest BCUT2D eigenvalue weighted by Gasteiger charge is -2.39. The first kappa shape index (κ1) is 29.3. The SMILES string of the molecule is COc1cccc(C(=O)Nc2cc(C#CC3CCN(C(=O)OC(C)(C)C)CC3)ccc2N2CCN(C)[C@@H](C)C2)c1. The number of nitrogens with zero attached hydrogens (tertiary/aromatic N) is 3. The van der Waals surface area contributed by atoms with Crippen LogP contribution >= 0.6 is 0 Å². The highest BCUT2D eigenvalue weighted by atomic mass is 16.6. The molecule has 0 spiro atoms. The summed E-state index contributed by atoms with van der Waals surface area (Å²) in [5.41, 5.74) is 2.62. The minimum absolute atomic E-state index is 0.193. The number of hydrogen-bond acceptors (Lipinski definition) is 6. The third kappa shape index (κ3) is 7.70. The van der Waals surface area contributed by atoms with Crippen molar-refractivity contribution in [2.75, 3.05) is 57.1 Å². The van der Waals surface area contributed by atoms with E-state index in [0.717, 1.165) is 49.4 Å². The molecule has 2 heterocycles. The molecule has 0 radical (unpaired) electrons. The largest absolute Gasteiger partial charge is 0.497 e. The van der Waals surface area contributed by atoms with Gasteiger partial charge in [-0.05, 0) is 84.0 Å². The fourth-order valence-electron chi connectivity index (χ4n) is 4.93. The molecule has 0 bridgehead atoms. The molecule has 2 aromatic carbocycles. The Labute approximate surface area is 238 Å². The molecule has 2 aliphatic rings. The van der Waals surface area contributed by atoms with Gasteiger partial charge in [-0.2, -0.15) is 0 Å².